The summed E-state index contributed by atoms with van der Waals surface area (Å²) in [6.45, 7) is 8.75. The largest absolute Gasteiger partial charge is 0.281 e. The van der Waals surface area contributed by atoms with E-state index >= 15 is 0 Å². The fourth-order valence-corrected chi connectivity index (χ4v) is 4.31. The van der Waals surface area contributed by atoms with Crippen LogP contribution in [-0.4, -0.2) is 44.6 Å². The zero-order valence-electron chi connectivity index (χ0n) is 18.1. The van der Waals surface area contributed by atoms with Crippen LogP contribution in [0.25, 0.3) is 6.08 Å². The van der Waals surface area contributed by atoms with Gasteiger partial charge in [-0.2, -0.15) is 0 Å². The maximum Gasteiger partial charge on any atom is 0.276 e. The van der Waals surface area contributed by atoms with E-state index in [2.05, 4.69) is 32.6 Å². The first kappa shape index (κ1) is 22.7. The molecule has 1 saturated heterocycles. The quantitative estimate of drug-likeness (QED) is 0.334. The molecule has 31 heavy (non-hydrogen) atoms. The summed E-state index contributed by atoms with van der Waals surface area (Å²) in [7, 11) is 0. The van der Waals surface area contributed by atoms with Gasteiger partial charge in [-0.1, -0.05) is 30.3 Å². The highest BCUT2D eigenvalue weighted by molar-refractivity contribution is 8.18. The molecule has 0 unspecified atom stereocenters. The number of rotatable bonds is 7. The third kappa shape index (κ3) is 5.39. The van der Waals surface area contributed by atoms with Crippen molar-refractivity contribution in [2.24, 2.45) is 4.99 Å². The van der Waals surface area contributed by atoms with Gasteiger partial charge in [-0.15, -0.1) is 0 Å². The average Bonchev–Trinajstić information content (AvgIpc) is 3.00. The highest BCUT2D eigenvalue weighted by Crippen LogP contribution is 2.36. The van der Waals surface area contributed by atoms with Gasteiger partial charge in [0.15, 0.2) is 5.17 Å². The second kappa shape index (κ2) is 9.89. The average molecular weight is 439 g/mol. The van der Waals surface area contributed by atoms with Crippen LogP contribution >= 0.6 is 11.8 Å². The zero-order valence-corrected chi connectivity index (χ0v) is 18.9. The number of benzene rings is 2. The van der Waals surface area contributed by atoms with Crippen LogP contribution in [0.5, 0.6) is 0 Å². The monoisotopic (exact) mass is 438 g/mol. The molecule has 0 aromatic heterocycles. The van der Waals surface area contributed by atoms with Crippen LogP contribution < -0.4 is 0 Å². The van der Waals surface area contributed by atoms with E-state index in [1.165, 1.54) is 17.8 Å². The smallest absolute Gasteiger partial charge is 0.276 e. The first-order valence-corrected chi connectivity index (χ1v) is 10.9. The second-order valence-corrected chi connectivity index (χ2v) is 8.74. The van der Waals surface area contributed by atoms with E-state index in [4.69, 9.17) is 4.99 Å². The van der Waals surface area contributed by atoms with Gasteiger partial charge in [0, 0.05) is 18.2 Å². The lowest BCUT2D eigenvalue weighted by atomic mass is 10.1. The maximum atomic E-state index is 13.3. The SMILES string of the molecule is CC(C)N(CN1C(=O)/C(=C/c2ccccc2[N+](=O)[O-])SC1=Nc1ccccc1)C(C)C. The standard InChI is InChI=1S/C23H26N4O3S/c1-16(2)25(17(3)4)15-26-22(28)21(14-18-10-8-9-13-20(18)27(29)30)31-23(26)24-19-11-6-5-7-12-19/h5-14,16-17H,15H2,1-4H3/b21-14-,24-23?. The number of amides is 1. The molecule has 3 rings (SSSR count). The van der Waals surface area contributed by atoms with Crippen LogP contribution in [0.3, 0.4) is 0 Å². The first-order valence-electron chi connectivity index (χ1n) is 10.1. The van der Waals surface area contributed by atoms with Crippen LogP contribution in [-0.2, 0) is 4.79 Å². The van der Waals surface area contributed by atoms with Gasteiger partial charge in [-0.05, 0) is 63.7 Å². The van der Waals surface area contributed by atoms with E-state index in [-0.39, 0.29) is 23.7 Å². The molecule has 1 aliphatic heterocycles. The summed E-state index contributed by atoms with van der Waals surface area (Å²) >= 11 is 1.24. The molecule has 0 aliphatic carbocycles. The lowest BCUT2D eigenvalue weighted by Crippen LogP contribution is -2.47. The molecule has 0 saturated carbocycles. The summed E-state index contributed by atoms with van der Waals surface area (Å²) in [5, 5.41) is 11.9. The number of hydrogen-bond donors (Lipinski definition) is 0. The Balaban J connectivity index is 2.02. The van der Waals surface area contributed by atoms with Crippen molar-refractivity contribution in [3.63, 3.8) is 0 Å². The van der Waals surface area contributed by atoms with E-state index in [1.54, 1.807) is 29.2 Å². The van der Waals surface area contributed by atoms with E-state index in [0.29, 0.717) is 22.3 Å². The van der Waals surface area contributed by atoms with Crippen molar-refractivity contribution in [1.82, 2.24) is 9.80 Å². The number of amidine groups is 1. The summed E-state index contributed by atoms with van der Waals surface area (Å²) in [5.41, 5.74) is 1.11. The van der Waals surface area contributed by atoms with Crippen molar-refractivity contribution in [1.29, 1.82) is 0 Å². The zero-order chi connectivity index (χ0) is 22.5. The summed E-state index contributed by atoms with van der Waals surface area (Å²) in [4.78, 5) is 33.2. The molecule has 0 bridgehead atoms. The van der Waals surface area contributed by atoms with Crippen LogP contribution in [0, 0.1) is 10.1 Å². The number of hydrogen-bond acceptors (Lipinski definition) is 6. The van der Waals surface area contributed by atoms with E-state index < -0.39 is 4.92 Å². The molecule has 7 nitrogen and oxygen atoms in total. The Morgan fingerprint density at radius 2 is 1.68 bits per heavy atom. The number of nitro groups is 1. The van der Waals surface area contributed by atoms with Gasteiger partial charge < -0.3 is 0 Å². The van der Waals surface area contributed by atoms with Gasteiger partial charge in [-0.3, -0.25) is 24.7 Å². The Bertz CT molecular complexity index is 1010. The molecule has 2 aromatic carbocycles. The Kier molecular flexibility index (Phi) is 7.25. The van der Waals surface area contributed by atoms with Crippen molar-refractivity contribution in [3.05, 3.63) is 75.2 Å². The number of nitro benzene ring substituents is 1. The summed E-state index contributed by atoms with van der Waals surface area (Å²) < 4.78 is 0. The van der Waals surface area contributed by atoms with Gasteiger partial charge in [0.05, 0.1) is 27.7 Å². The fraction of sp³-hybridized carbons (Fsp3) is 0.304. The number of nitrogens with zero attached hydrogens (tertiary/aromatic N) is 4. The Morgan fingerprint density at radius 1 is 1.06 bits per heavy atom. The van der Waals surface area contributed by atoms with Crippen molar-refractivity contribution in [2.45, 2.75) is 39.8 Å². The lowest BCUT2D eigenvalue weighted by Gasteiger charge is -2.33. The highest BCUT2D eigenvalue weighted by atomic mass is 32.2. The molecule has 0 radical (unpaired) electrons. The summed E-state index contributed by atoms with van der Waals surface area (Å²) in [6, 6.07) is 16.3. The van der Waals surface area contributed by atoms with Gasteiger partial charge in [-0.25, -0.2) is 4.99 Å². The topological polar surface area (TPSA) is 79.0 Å². The van der Waals surface area contributed by atoms with Crippen molar-refractivity contribution >= 4 is 40.3 Å². The maximum absolute atomic E-state index is 13.3. The second-order valence-electron chi connectivity index (χ2n) is 7.73. The molecule has 1 amide bonds. The van der Waals surface area contributed by atoms with Gasteiger partial charge in [0.2, 0.25) is 0 Å². The van der Waals surface area contributed by atoms with E-state index in [9.17, 15) is 14.9 Å². The lowest BCUT2D eigenvalue weighted by molar-refractivity contribution is -0.385. The molecule has 0 spiro atoms. The molecule has 0 N–H and O–H groups in total. The van der Waals surface area contributed by atoms with Crippen molar-refractivity contribution in [2.75, 3.05) is 6.67 Å². The molecular weight excluding hydrogens is 412 g/mol. The Morgan fingerprint density at radius 3 is 2.29 bits per heavy atom. The third-order valence-electron chi connectivity index (χ3n) is 4.92. The van der Waals surface area contributed by atoms with Gasteiger partial charge >= 0.3 is 0 Å². The van der Waals surface area contributed by atoms with Gasteiger partial charge in [0.1, 0.15) is 0 Å². The van der Waals surface area contributed by atoms with Crippen LogP contribution in [0.2, 0.25) is 0 Å². The van der Waals surface area contributed by atoms with Crippen LogP contribution in [0.1, 0.15) is 33.3 Å². The Labute approximate surface area is 186 Å². The van der Waals surface area contributed by atoms with Crippen molar-refractivity contribution in [3.8, 4) is 0 Å². The summed E-state index contributed by atoms with van der Waals surface area (Å²) in [5.74, 6) is -0.205. The highest BCUT2D eigenvalue weighted by Gasteiger charge is 2.36. The number of aliphatic imine (C=N–C) groups is 1. The molecule has 1 heterocycles. The van der Waals surface area contributed by atoms with E-state index in [1.807, 2.05) is 30.3 Å². The molecule has 2 aromatic rings. The normalized spacial score (nSPS) is 17.0. The summed E-state index contributed by atoms with van der Waals surface area (Å²) in [6.07, 6.45) is 1.58. The molecule has 162 valence electrons. The number of thioether (sulfide) groups is 1. The predicted molar refractivity (Wildman–Crippen MR) is 126 cm³/mol. The van der Waals surface area contributed by atoms with Crippen LogP contribution in [0.4, 0.5) is 11.4 Å². The van der Waals surface area contributed by atoms with Crippen LogP contribution in [0.15, 0.2) is 64.5 Å². The number of carbonyl (C=O) groups is 1. The predicted octanol–water partition coefficient (Wildman–Crippen LogP) is 5.28. The molecule has 1 fully saturated rings. The molecule has 1 aliphatic rings. The first-order chi connectivity index (χ1) is 14.8. The molecular formula is C23H26N4O3S. The Hall–Kier alpha value is -2.97. The van der Waals surface area contributed by atoms with E-state index in [0.717, 1.165) is 5.69 Å². The minimum atomic E-state index is -0.438. The minimum Gasteiger partial charge on any atom is -0.281 e. The fourth-order valence-electron chi connectivity index (χ4n) is 3.33. The minimum absolute atomic E-state index is 0.0330. The number of carbonyl (C=O) groups excluding carboxylic acids is 1. The van der Waals surface area contributed by atoms with Crippen molar-refractivity contribution < 1.29 is 9.72 Å². The number of para-hydroxylation sites is 2. The van der Waals surface area contributed by atoms with Gasteiger partial charge in [0.25, 0.3) is 11.6 Å². The third-order valence-corrected chi connectivity index (χ3v) is 5.93. The molecule has 0 atom stereocenters. The molecule has 8 heteroatoms.